The molecule has 1 atom stereocenters. The molecule has 0 spiro atoms. The van der Waals surface area contributed by atoms with Gasteiger partial charge in [0, 0.05) is 9.86 Å². The molecule has 0 amide bonds. The molecule has 0 aliphatic carbocycles. The molecule has 2 aromatic heterocycles. The zero-order chi connectivity index (χ0) is 26.3. The fourth-order valence-corrected chi connectivity index (χ4v) is 6.08. The molecule has 0 aliphatic rings. The second-order valence-corrected chi connectivity index (χ2v) is 11.3. The van der Waals surface area contributed by atoms with Crippen molar-refractivity contribution in [3.8, 4) is 17.3 Å². The molecule has 0 radical (unpaired) electrons. The Hall–Kier alpha value is -2.78. The van der Waals surface area contributed by atoms with Crippen LogP contribution >= 0.6 is 61.1 Å². The number of rotatable bonds is 6. The summed E-state index contributed by atoms with van der Waals surface area (Å²) in [5, 5.41) is 15.0. The molecule has 0 bridgehead atoms. The second kappa shape index (κ2) is 10.5. The Balaban J connectivity index is 1.62. The molecule has 11 heteroatoms. The molecule has 0 unspecified atom stereocenters. The number of halogens is 3. The zero-order valence-corrected chi connectivity index (χ0v) is 24.9. The lowest BCUT2D eigenvalue weighted by molar-refractivity contribution is -0.144. The number of carboxylic acids is 1. The highest BCUT2D eigenvalue weighted by Crippen LogP contribution is 2.31. The number of hydrogen-bond acceptors (Lipinski definition) is 6. The van der Waals surface area contributed by atoms with Crippen molar-refractivity contribution in [2.24, 2.45) is 5.10 Å². The number of furan rings is 1. The van der Waals surface area contributed by atoms with Crippen LogP contribution in [0.2, 0.25) is 0 Å². The van der Waals surface area contributed by atoms with Gasteiger partial charge in [-0.2, -0.15) is 9.78 Å². The number of carbonyl (C=O) groups is 1. The van der Waals surface area contributed by atoms with Crippen molar-refractivity contribution in [3.05, 3.63) is 88.2 Å². The highest BCUT2D eigenvalue weighted by Gasteiger charge is 2.18. The molecule has 8 nitrogen and oxygen atoms in total. The van der Waals surface area contributed by atoms with Crippen LogP contribution in [0, 0.1) is 7.14 Å². The first-order valence-electron chi connectivity index (χ1n) is 10.9. The Morgan fingerprint density at radius 2 is 1.89 bits per heavy atom. The Morgan fingerprint density at radius 3 is 2.62 bits per heavy atom. The summed E-state index contributed by atoms with van der Waals surface area (Å²) in [7, 11) is 0. The Kier molecular flexibility index (Phi) is 7.36. The van der Waals surface area contributed by atoms with Crippen LogP contribution in [0.15, 0.2) is 79.4 Å². The second-order valence-electron chi connectivity index (χ2n) is 8.02. The van der Waals surface area contributed by atoms with E-state index in [2.05, 4.69) is 66.2 Å². The van der Waals surface area contributed by atoms with Gasteiger partial charge in [0.05, 0.1) is 24.3 Å². The van der Waals surface area contributed by atoms with Gasteiger partial charge in [0.2, 0.25) is 5.82 Å². The van der Waals surface area contributed by atoms with E-state index in [0.29, 0.717) is 40.7 Å². The van der Waals surface area contributed by atoms with E-state index in [1.165, 1.54) is 11.6 Å². The number of aliphatic carboxylic acids is 1. The minimum atomic E-state index is -1.05. The van der Waals surface area contributed by atoms with Crippen molar-refractivity contribution in [1.29, 1.82) is 0 Å². The number of ether oxygens (including phenoxy) is 1. The first-order valence-corrected chi connectivity index (χ1v) is 13.8. The van der Waals surface area contributed by atoms with E-state index in [9.17, 15) is 14.7 Å². The van der Waals surface area contributed by atoms with Gasteiger partial charge in [-0.05, 0) is 106 Å². The molecule has 5 aromatic rings. The molecule has 2 heterocycles. The number of benzene rings is 3. The van der Waals surface area contributed by atoms with Crippen LogP contribution in [0.5, 0.6) is 5.75 Å². The SMILES string of the molecule is C[C@@H](Oc1c(I)cc(C=Nn2c(-c3cc4cc(Br)ccc4o3)nc3ccccc3c2=O)cc1I)C(=O)O. The normalized spacial score (nSPS) is 12.4. The summed E-state index contributed by atoms with van der Waals surface area (Å²) in [4.78, 5) is 29.4. The molecule has 0 fully saturated rings. The Morgan fingerprint density at radius 1 is 1.16 bits per heavy atom. The van der Waals surface area contributed by atoms with Crippen molar-refractivity contribution in [2.75, 3.05) is 0 Å². The van der Waals surface area contributed by atoms with Crippen molar-refractivity contribution in [1.82, 2.24) is 9.66 Å². The van der Waals surface area contributed by atoms with E-state index < -0.39 is 12.1 Å². The standard InChI is InChI=1S/C26H16BrI2N3O5/c1-13(26(34)35)36-23-18(28)8-14(9-19(23)29)12-30-32-24(31-20-5-3-2-4-17(20)25(32)33)22-11-15-10-16(27)6-7-21(15)37-22/h2-13H,1H3,(H,34,35)/t13-/m1/s1. The third-order valence-electron chi connectivity index (χ3n) is 5.44. The topological polar surface area (TPSA) is 107 Å². The van der Waals surface area contributed by atoms with E-state index in [1.54, 1.807) is 36.5 Å². The van der Waals surface area contributed by atoms with Crippen LogP contribution in [-0.2, 0) is 4.79 Å². The molecule has 0 saturated heterocycles. The van der Waals surface area contributed by atoms with Crippen LogP contribution in [0.4, 0.5) is 0 Å². The molecule has 5 rings (SSSR count). The highest BCUT2D eigenvalue weighted by molar-refractivity contribution is 14.1. The third-order valence-corrected chi connectivity index (χ3v) is 7.53. The fraction of sp³-hybridized carbons (Fsp3) is 0.0769. The lowest BCUT2D eigenvalue weighted by Crippen LogP contribution is -2.23. The maximum atomic E-state index is 13.5. The number of hydrogen-bond donors (Lipinski definition) is 1. The average molecular weight is 784 g/mol. The van der Waals surface area contributed by atoms with Crippen LogP contribution < -0.4 is 10.3 Å². The van der Waals surface area contributed by atoms with E-state index in [4.69, 9.17) is 14.1 Å². The molecule has 3 aromatic carbocycles. The van der Waals surface area contributed by atoms with Crippen LogP contribution in [0.25, 0.3) is 33.5 Å². The largest absolute Gasteiger partial charge is 0.479 e. The first kappa shape index (κ1) is 25.9. The molecule has 0 aliphatic heterocycles. The van der Waals surface area contributed by atoms with Gasteiger partial charge in [-0.15, -0.1) is 0 Å². The monoisotopic (exact) mass is 783 g/mol. The van der Waals surface area contributed by atoms with E-state index >= 15 is 0 Å². The predicted molar refractivity (Wildman–Crippen MR) is 162 cm³/mol. The first-order chi connectivity index (χ1) is 17.7. The van der Waals surface area contributed by atoms with Crippen molar-refractivity contribution < 1.29 is 19.1 Å². The van der Waals surface area contributed by atoms with Crippen molar-refractivity contribution >= 4 is 95.2 Å². The number of para-hydroxylation sites is 1. The van der Waals surface area contributed by atoms with Gasteiger partial charge in [-0.1, -0.05) is 28.1 Å². The summed E-state index contributed by atoms with van der Waals surface area (Å²) in [5.41, 5.74) is 1.56. The number of nitrogens with zero attached hydrogens (tertiary/aromatic N) is 3. The third kappa shape index (κ3) is 5.29. The van der Waals surface area contributed by atoms with Gasteiger partial charge in [-0.3, -0.25) is 4.79 Å². The smallest absolute Gasteiger partial charge is 0.344 e. The summed E-state index contributed by atoms with van der Waals surface area (Å²) >= 11 is 7.64. The predicted octanol–water partition coefficient (Wildman–Crippen LogP) is 6.52. The lowest BCUT2D eigenvalue weighted by Gasteiger charge is -2.14. The zero-order valence-electron chi connectivity index (χ0n) is 19.0. The number of fused-ring (bicyclic) bond motifs is 2. The van der Waals surface area contributed by atoms with Crippen LogP contribution in [0.3, 0.4) is 0 Å². The average Bonchev–Trinajstić information content (AvgIpc) is 3.28. The van der Waals surface area contributed by atoms with E-state index in [1.807, 2.05) is 30.3 Å². The minimum Gasteiger partial charge on any atom is -0.479 e. The minimum absolute atomic E-state index is 0.270. The van der Waals surface area contributed by atoms with Gasteiger partial charge in [-0.25, -0.2) is 9.78 Å². The molecule has 1 N–H and O–H groups in total. The van der Waals surface area contributed by atoms with E-state index in [0.717, 1.165) is 9.86 Å². The van der Waals surface area contributed by atoms with Gasteiger partial charge in [0.15, 0.2) is 11.9 Å². The summed E-state index contributed by atoms with van der Waals surface area (Å²) < 4.78 is 15.2. The fourth-order valence-electron chi connectivity index (χ4n) is 3.63. The maximum absolute atomic E-state index is 13.5. The summed E-state index contributed by atoms with van der Waals surface area (Å²) in [5.74, 6) is 0.105. The van der Waals surface area contributed by atoms with Gasteiger partial charge in [0.1, 0.15) is 11.3 Å². The van der Waals surface area contributed by atoms with Gasteiger partial charge < -0.3 is 14.3 Å². The summed E-state index contributed by atoms with van der Waals surface area (Å²) in [6, 6.07) is 18.1. The number of aromatic nitrogens is 2. The molecule has 37 heavy (non-hydrogen) atoms. The van der Waals surface area contributed by atoms with E-state index in [-0.39, 0.29) is 11.4 Å². The van der Waals surface area contributed by atoms with Crippen LogP contribution in [-0.4, -0.2) is 33.1 Å². The quantitative estimate of drug-likeness (QED) is 0.156. The van der Waals surface area contributed by atoms with Gasteiger partial charge in [0.25, 0.3) is 5.56 Å². The Labute approximate surface area is 245 Å². The molecule has 0 saturated carbocycles. The maximum Gasteiger partial charge on any atom is 0.344 e. The molecule has 186 valence electrons. The Bertz CT molecular complexity index is 1760. The lowest BCUT2D eigenvalue weighted by atomic mass is 10.2. The number of carboxylic acid groups (broad SMARTS) is 1. The summed E-state index contributed by atoms with van der Waals surface area (Å²) in [6.07, 6.45) is 0.561. The van der Waals surface area contributed by atoms with Gasteiger partial charge >= 0.3 is 5.97 Å². The molecular formula is C26H16BrI2N3O5. The molecular weight excluding hydrogens is 768 g/mol. The van der Waals surface area contributed by atoms with Crippen molar-refractivity contribution in [3.63, 3.8) is 0 Å². The highest BCUT2D eigenvalue weighted by atomic mass is 127. The van der Waals surface area contributed by atoms with Crippen molar-refractivity contribution in [2.45, 2.75) is 13.0 Å². The summed E-state index contributed by atoms with van der Waals surface area (Å²) in [6.45, 7) is 1.47. The van der Waals surface area contributed by atoms with Crippen LogP contribution in [0.1, 0.15) is 12.5 Å².